The predicted octanol–water partition coefficient (Wildman–Crippen LogP) is 3.81. The van der Waals surface area contributed by atoms with Crippen LogP contribution in [-0.2, 0) is 17.5 Å². The first-order valence-electron chi connectivity index (χ1n) is 7.42. The molecule has 134 valence electrons. The smallest absolute Gasteiger partial charge is 0.416 e. The maximum absolute atomic E-state index is 12.7. The topological polar surface area (TPSA) is 79.5 Å². The lowest BCUT2D eigenvalue weighted by Crippen LogP contribution is -2.24. The number of benzene rings is 1. The molecule has 0 saturated carbocycles. The van der Waals surface area contributed by atoms with Crippen LogP contribution in [0, 0.1) is 0 Å². The highest BCUT2D eigenvalue weighted by molar-refractivity contribution is 5.84. The van der Waals surface area contributed by atoms with Crippen LogP contribution >= 0.6 is 0 Å². The van der Waals surface area contributed by atoms with Gasteiger partial charge in [0.1, 0.15) is 5.76 Å². The van der Waals surface area contributed by atoms with Crippen LogP contribution in [-0.4, -0.2) is 17.0 Å². The molecule has 0 saturated heterocycles. The van der Waals surface area contributed by atoms with Crippen molar-refractivity contribution in [3.8, 4) is 0 Å². The third-order valence-electron chi connectivity index (χ3n) is 3.61. The van der Waals surface area contributed by atoms with Crippen LogP contribution in [0.1, 0.15) is 46.7 Å². The van der Waals surface area contributed by atoms with Crippen molar-refractivity contribution in [2.75, 3.05) is 0 Å². The molecule has 0 aliphatic rings. The van der Waals surface area contributed by atoms with Crippen molar-refractivity contribution in [1.29, 1.82) is 0 Å². The highest BCUT2D eigenvalue weighted by Crippen LogP contribution is 2.31. The van der Waals surface area contributed by atoms with Gasteiger partial charge in [0, 0.05) is 6.42 Å². The lowest BCUT2D eigenvalue weighted by molar-refractivity contribution is -0.137. The third-order valence-corrected chi connectivity index (χ3v) is 3.61. The SMILES string of the molecule is CC(CC(=O)NCc1ccc(C(=O)O)o1)c1cccc(C(F)(F)F)c1. The van der Waals surface area contributed by atoms with Crippen LogP contribution in [0.4, 0.5) is 13.2 Å². The molecule has 0 radical (unpaired) electrons. The van der Waals surface area contributed by atoms with E-state index in [2.05, 4.69) is 5.32 Å². The Hall–Kier alpha value is -2.77. The van der Waals surface area contributed by atoms with Gasteiger partial charge in [-0.05, 0) is 29.7 Å². The number of hydrogen-bond donors (Lipinski definition) is 2. The van der Waals surface area contributed by atoms with Crippen molar-refractivity contribution in [3.05, 3.63) is 59.0 Å². The molecule has 2 rings (SSSR count). The molecular weight excluding hydrogens is 339 g/mol. The standard InChI is InChI=1S/C17H16F3NO4/c1-10(11-3-2-4-12(8-11)17(18,19)20)7-15(22)21-9-13-5-6-14(25-13)16(23)24/h2-6,8,10H,7,9H2,1H3,(H,21,22)(H,23,24). The molecule has 0 aliphatic heterocycles. The monoisotopic (exact) mass is 355 g/mol. The first-order chi connectivity index (χ1) is 11.7. The van der Waals surface area contributed by atoms with Gasteiger partial charge in [-0.25, -0.2) is 4.79 Å². The maximum Gasteiger partial charge on any atom is 0.416 e. The van der Waals surface area contributed by atoms with Gasteiger partial charge in [0.15, 0.2) is 0 Å². The number of carbonyl (C=O) groups is 2. The number of nitrogens with one attached hydrogen (secondary N) is 1. The number of carbonyl (C=O) groups excluding carboxylic acids is 1. The Morgan fingerprint density at radius 2 is 1.96 bits per heavy atom. The molecule has 0 bridgehead atoms. The summed E-state index contributed by atoms with van der Waals surface area (Å²) in [4.78, 5) is 22.6. The van der Waals surface area contributed by atoms with Gasteiger partial charge < -0.3 is 14.8 Å². The van der Waals surface area contributed by atoms with Crippen LogP contribution < -0.4 is 5.32 Å². The molecule has 0 fully saturated rings. The van der Waals surface area contributed by atoms with Gasteiger partial charge in [-0.15, -0.1) is 0 Å². The number of carboxylic acid groups (broad SMARTS) is 1. The predicted molar refractivity (Wildman–Crippen MR) is 82.0 cm³/mol. The summed E-state index contributed by atoms with van der Waals surface area (Å²) >= 11 is 0. The summed E-state index contributed by atoms with van der Waals surface area (Å²) in [6, 6.07) is 7.56. The molecule has 0 aliphatic carbocycles. The van der Waals surface area contributed by atoms with Crippen molar-refractivity contribution >= 4 is 11.9 Å². The van der Waals surface area contributed by atoms with E-state index in [1.165, 1.54) is 18.2 Å². The minimum atomic E-state index is -4.43. The quantitative estimate of drug-likeness (QED) is 0.826. The summed E-state index contributed by atoms with van der Waals surface area (Å²) in [5.41, 5.74) is -0.342. The van der Waals surface area contributed by atoms with Crippen LogP contribution in [0.3, 0.4) is 0 Å². The number of carboxylic acids is 1. The molecule has 1 atom stereocenters. The zero-order chi connectivity index (χ0) is 18.6. The second-order valence-corrected chi connectivity index (χ2v) is 5.58. The van der Waals surface area contributed by atoms with Crippen molar-refractivity contribution in [3.63, 3.8) is 0 Å². The normalized spacial score (nSPS) is 12.6. The zero-order valence-electron chi connectivity index (χ0n) is 13.3. The van der Waals surface area contributed by atoms with Gasteiger partial charge in [0.25, 0.3) is 0 Å². The Bertz CT molecular complexity index is 767. The molecular formula is C17H16F3NO4. The van der Waals surface area contributed by atoms with E-state index in [9.17, 15) is 22.8 Å². The lowest BCUT2D eigenvalue weighted by Gasteiger charge is -2.14. The Labute approximate surface area is 141 Å². The van der Waals surface area contributed by atoms with E-state index < -0.39 is 23.6 Å². The Kier molecular flexibility index (Phi) is 5.51. The van der Waals surface area contributed by atoms with Gasteiger partial charge >= 0.3 is 12.1 Å². The molecule has 1 aromatic carbocycles. The van der Waals surface area contributed by atoms with Gasteiger partial charge in [-0.2, -0.15) is 13.2 Å². The number of halogens is 3. The molecule has 2 aromatic rings. The average molecular weight is 355 g/mol. The third kappa shape index (κ3) is 5.10. The van der Waals surface area contributed by atoms with E-state index in [1.54, 1.807) is 13.0 Å². The van der Waals surface area contributed by atoms with Gasteiger partial charge in [-0.3, -0.25) is 4.79 Å². The Morgan fingerprint density at radius 1 is 1.24 bits per heavy atom. The number of alkyl halides is 3. The van der Waals surface area contributed by atoms with Crippen molar-refractivity contribution in [1.82, 2.24) is 5.32 Å². The summed E-state index contributed by atoms with van der Waals surface area (Å²) in [7, 11) is 0. The van der Waals surface area contributed by atoms with E-state index in [0.717, 1.165) is 12.1 Å². The molecule has 1 aromatic heterocycles. The lowest BCUT2D eigenvalue weighted by atomic mass is 9.95. The molecule has 25 heavy (non-hydrogen) atoms. The van der Waals surface area contributed by atoms with Crippen molar-refractivity contribution in [2.24, 2.45) is 0 Å². The summed E-state index contributed by atoms with van der Waals surface area (Å²) in [5.74, 6) is -1.96. The minimum absolute atomic E-state index is 0.00141. The van der Waals surface area contributed by atoms with E-state index in [0.29, 0.717) is 5.56 Å². The number of amides is 1. The fraction of sp³-hybridized carbons (Fsp3) is 0.294. The summed E-state index contributed by atoms with van der Waals surface area (Å²) in [5, 5.41) is 11.3. The number of aromatic carboxylic acids is 1. The Morgan fingerprint density at radius 3 is 2.56 bits per heavy atom. The van der Waals surface area contributed by atoms with Crippen LogP contribution in [0.25, 0.3) is 0 Å². The zero-order valence-corrected chi connectivity index (χ0v) is 13.3. The van der Waals surface area contributed by atoms with Crippen LogP contribution in [0.2, 0.25) is 0 Å². The van der Waals surface area contributed by atoms with E-state index in [4.69, 9.17) is 9.52 Å². The highest BCUT2D eigenvalue weighted by Gasteiger charge is 2.30. The number of furan rings is 1. The number of hydrogen-bond acceptors (Lipinski definition) is 3. The van der Waals surface area contributed by atoms with Gasteiger partial charge in [0.05, 0.1) is 12.1 Å². The summed E-state index contributed by atoms with van der Waals surface area (Å²) in [6.07, 6.45) is -4.44. The van der Waals surface area contributed by atoms with Crippen molar-refractivity contribution < 1.29 is 32.3 Å². The molecule has 8 heteroatoms. The summed E-state index contributed by atoms with van der Waals surface area (Å²) < 4.78 is 43.2. The van der Waals surface area contributed by atoms with Gasteiger partial charge in [-0.1, -0.05) is 25.1 Å². The van der Waals surface area contributed by atoms with E-state index >= 15 is 0 Å². The average Bonchev–Trinajstić information content (AvgIpc) is 3.01. The molecule has 0 spiro atoms. The van der Waals surface area contributed by atoms with E-state index in [-0.39, 0.29) is 30.4 Å². The highest BCUT2D eigenvalue weighted by atomic mass is 19.4. The minimum Gasteiger partial charge on any atom is -0.475 e. The fourth-order valence-corrected chi connectivity index (χ4v) is 2.26. The second-order valence-electron chi connectivity index (χ2n) is 5.58. The maximum atomic E-state index is 12.7. The van der Waals surface area contributed by atoms with Gasteiger partial charge in [0.2, 0.25) is 11.7 Å². The van der Waals surface area contributed by atoms with Crippen molar-refractivity contribution in [2.45, 2.75) is 32.0 Å². The molecule has 5 nitrogen and oxygen atoms in total. The fourth-order valence-electron chi connectivity index (χ4n) is 2.26. The second kappa shape index (κ2) is 7.42. The molecule has 1 heterocycles. The molecule has 1 amide bonds. The molecule has 1 unspecified atom stereocenters. The first-order valence-corrected chi connectivity index (χ1v) is 7.42. The van der Waals surface area contributed by atoms with Crippen LogP contribution in [0.15, 0.2) is 40.8 Å². The summed E-state index contributed by atoms with van der Waals surface area (Å²) in [6.45, 7) is 1.66. The first kappa shape index (κ1) is 18.6. The van der Waals surface area contributed by atoms with E-state index in [1.807, 2.05) is 0 Å². The Balaban J connectivity index is 1.92. The molecule has 2 N–H and O–H groups in total. The number of rotatable bonds is 6. The largest absolute Gasteiger partial charge is 0.475 e. The van der Waals surface area contributed by atoms with Crippen LogP contribution in [0.5, 0.6) is 0 Å².